The van der Waals surface area contributed by atoms with Crippen LogP contribution in [0.1, 0.15) is 17.5 Å². The molecule has 0 saturated carbocycles. The zero-order valence-electron chi connectivity index (χ0n) is 15.9. The van der Waals surface area contributed by atoms with Crippen LogP contribution in [0.4, 0.5) is 4.39 Å². The van der Waals surface area contributed by atoms with E-state index in [1.165, 1.54) is 19.4 Å². The van der Waals surface area contributed by atoms with Crippen molar-refractivity contribution in [3.8, 4) is 11.5 Å². The van der Waals surface area contributed by atoms with E-state index >= 15 is 0 Å². The second-order valence-electron chi connectivity index (χ2n) is 6.13. The maximum Gasteiger partial charge on any atom is 0.305 e. The quantitative estimate of drug-likeness (QED) is 0.491. The highest BCUT2D eigenvalue weighted by molar-refractivity contribution is 8.15. The van der Waals surface area contributed by atoms with E-state index in [9.17, 15) is 14.0 Å². The molecule has 2 aromatic rings. The average Bonchev–Trinajstić information content (AvgIpc) is 3.06. The highest BCUT2D eigenvalue weighted by Gasteiger charge is 2.32. The Bertz CT molecular complexity index is 1010. The summed E-state index contributed by atoms with van der Waals surface area (Å²) in [6, 6.07) is 11.4. The number of aliphatic carboxylic acids is 1. The number of carboxylic acids is 1. The summed E-state index contributed by atoms with van der Waals surface area (Å²) < 4.78 is 24.7. The first kappa shape index (κ1) is 21.3. The Morgan fingerprint density at radius 1 is 1.30 bits per heavy atom. The van der Waals surface area contributed by atoms with Crippen molar-refractivity contribution < 1.29 is 28.6 Å². The predicted octanol–water partition coefficient (Wildman–Crippen LogP) is 2.81. The first-order valence-corrected chi connectivity index (χ1v) is 9.69. The lowest BCUT2D eigenvalue weighted by Crippen LogP contribution is -2.26. The zero-order chi connectivity index (χ0) is 21.5. The molecule has 1 aliphatic heterocycles. The fraction of sp³-hybridized carbons (Fsp3) is 0.200. The number of carbonyl (C=O) groups is 2. The normalized spacial score (nSPS) is 17.3. The van der Waals surface area contributed by atoms with Crippen molar-refractivity contribution in [3.63, 3.8) is 0 Å². The molecular formula is C20H18FN3O5S. The Hall–Kier alpha value is -3.40. The molecule has 1 heterocycles. The molecule has 156 valence electrons. The summed E-state index contributed by atoms with van der Waals surface area (Å²) in [6.45, 7) is 0.0541. The maximum absolute atomic E-state index is 13.7. The van der Waals surface area contributed by atoms with Gasteiger partial charge >= 0.3 is 5.97 Å². The third-order valence-corrected chi connectivity index (χ3v) is 5.09. The lowest BCUT2D eigenvalue weighted by molar-refractivity contribution is -0.138. The molecule has 0 radical (unpaired) electrons. The van der Waals surface area contributed by atoms with Crippen LogP contribution in [0.5, 0.6) is 11.5 Å². The van der Waals surface area contributed by atoms with Gasteiger partial charge in [0.1, 0.15) is 17.7 Å². The van der Waals surface area contributed by atoms with Crippen molar-refractivity contribution in [3.05, 3.63) is 59.4 Å². The molecule has 2 aromatic carbocycles. The number of ether oxygens (including phenoxy) is 2. The van der Waals surface area contributed by atoms with E-state index in [0.29, 0.717) is 22.6 Å². The molecule has 1 saturated heterocycles. The molecule has 0 aliphatic carbocycles. The van der Waals surface area contributed by atoms with E-state index in [2.05, 4.69) is 15.5 Å². The van der Waals surface area contributed by atoms with Crippen molar-refractivity contribution in [2.45, 2.75) is 18.3 Å². The van der Waals surface area contributed by atoms with E-state index in [-0.39, 0.29) is 24.0 Å². The number of hydrogen-bond donors (Lipinski definition) is 2. The maximum atomic E-state index is 13.7. The number of methoxy groups -OCH3 is 1. The van der Waals surface area contributed by atoms with Gasteiger partial charge < -0.3 is 19.9 Å². The second kappa shape index (κ2) is 9.88. The number of carbonyl (C=O) groups excluding carboxylic acids is 1. The molecule has 0 aromatic heterocycles. The minimum absolute atomic E-state index is 0.0541. The third-order valence-electron chi connectivity index (χ3n) is 4.02. The fourth-order valence-corrected chi connectivity index (χ4v) is 3.46. The minimum atomic E-state index is -1.06. The largest absolute Gasteiger partial charge is 0.493 e. The highest BCUT2D eigenvalue weighted by atomic mass is 32.2. The van der Waals surface area contributed by atoms with Crippen LogP contribution < -0.4 is 14.8 Å². The molecule has 1 amide bonds. The molecule has 0 unspecified atom stereocenters. The van der Waals surface area contributed by atoms with Crippen molar-refractivity contribution in [2.24, 2.45) is 10.2 Å². The van der Waals surface area contributed by atoms with Gasteiger partial charge in [-0.1, -0.05) is 30.0 Å². The predicted molar refractivity (Wildman–Crippen MR) is 111 cm³/mol. The summed E-state index contributed by atoms with van der Waals surface area (Å²) in [7, 11) is 1.49. The van der Waals surface area contributed by atoms with E-state index in [0.717, 1.165) is 11.8 Å². The first-order chi connectivity index (χ1) is 14.5. The van der Waals surface area contributed by atoms with Gasteiger partial charge in [0.25, 0.3) is 0 Å². The van der Waals surface area contributed by atoms with E-state index < -0.39 is 17.1 Å². The van der Waals surface area contributed by atoms with Crippen LogP contribution in [-0.2, 0) is 16.2 Å². The number of benzene rings is 2. The molecule has 1 atom stereocenters. The van der Waals surface area contributed by atoms with Gasteiger partial charge in [-0.3, -0.25) is 9.59 Å². The van der Waals surface area contributed by atoms with Gasteiger partial charge in [-0.05, 0) is 29.8 Å². The molecule has 1 aliphatic rings. The summed E-state index contributed by atoms with van der Waals surface area (Å²) in [5.74, 6) is -0.930. The van der Waals surface area contributed by atoms with Crippen molar-refractivity contribution in [1.29, 1.82) is 0 Å². The third kappa shape index (κ3) is 5.57. The first-order valence-electron chi connectivity index (χ1n) is 8.81. The van der Waals surface area contributed by atoms with Crippen LogP contribution in [0.3, 0.4) is 0 Å². The zero-order valence-corrected chi connectivity index (χ0v) is 16.7. The summed E-state index contributed by atoms with van der Waals surface area (Å²) in [5, 5.41) is 18.6. The number of nitrogens with one attached hydrogen (secondary N) is 1. The van der Waals surface area contributed by atoms with Crippen LogP contribution in [0.2, 0.25) is 0 Å². The van der Waals surface area contributed by atoms with Crippen LogP contribution >= 0.6 is 11.8 Å². The molecule has 30 heavy (non-hydrogen) atoms. The Labute approximate surface area is 175 Å². The minimum Gasteiger partial charge on any atom is -0.493 e. The van der Waals surface area contributed by atoms with Gasteiger partial charge in [-0.25, -0.2) is 4.39 Å². The van der Waals surface area contributed by atoms with Gasteiger partial charge in [-0.15, -0.1) is 5.10 Å². The monoisotopic (exact) mass is 431 g/mol. The van der Waals surface area contributed by atoms with Gasteiger partial charge in [-0.2, -0.15) is 5.10 Å². The van der Waals surface area contributed by atoms with Crippen LogP contribution in [-0.4, -0.2) is 40.7 Å². The SMILES string of the molecule is COc1cc(/C=N\N=C2\NC(=O)[C@@H](CC(=O)O)S2)ccc1OCc1ccccc1F. The molecule has 8 nitrogen and oxygen atoms in total. The summed E-state index contributed by atoms with van der Waals surface area (Å²) in [6.07, 6.45) is 1.16. The summed E-state index contributed by atoms with van der Waals surface area (Å²) >= 11 is 1.02. The van der Waals surface area contributed by atoms with Gasteiger partial charge in [0.15, 0.2) is 16.7 Å². The number of carboxylic acid groups (broad SMARTS) is 1. The highest BCUT2D eigenvalue weighted by Crippen LogP contribution is 2.29. The van der Waals surface area contributed by atoms with Crippen molar-refractivity contribution in [2.75, 3.05) is 7.11 Å². The molecule has 0 spiro atoms. The van der Waals surface area contributed by atoms with Crippen molar-refractivity contribution in [1.82, 2.24) is 5.32 Å². The molecule has 2 N–H and O–H groups in total. The van der Waals surface area contributed by atoms with Crippen LogP contribution in [0.25, 0.3) is 0 Å². The van der Waals surface area contributed by atoms with Crippen molar-refractivity contribution >= 4 is 35.0 Å². The van der Waals surface area contributed by atoms with Crippen LogP contribution in [0, 0.1) is 5.82 Å². The smallest absolute Gasteiger partial charge is 0.305 e. The number of halogens is 1. The Kier molecular flexibility index (Phi) is 7.02. The number of hydrogen-bond acceptors (Lipinski definition) is 7. The number of amides is 1. The second-order valence-corrected chi connectivity index (χ2v) is 7.33. The number of rotatable bonds is 8. The average molecular weight is 431 g/mol. The Morgan fingerprint density at radius 2 is 2.10 bits per heavy atom. The van der Waals surface area contributed by atoms with E-state index in [4.69, 9.17) is 14.6 Å². The molecule has 0 bridgehead atoms. The van der Waals surface area contributed by atoms with E-state index in [1.807, 2.05) is 0 Å². The lowest BCUT2D eigenvalue weighted by atomic mass is 10.2. The van der Waals surface area contributed by atoms with Gasteiger partial charge in [0, 0.05) is 5.56 Å². The Balaban J connectivity index is 1.64. The summed E-state index contributed by atoms with van der Waals surface area (Å²) in [5.41, 5.74) is 1.09. The number of nitrogens with zero attached hydrogens (tertiary/aromatic N) is 2. The fourth-order valence-electron chi connectivity index (χ4n) is 2.55. The molecule has 1 fully saturated rings. The van der Waals surface area contributed by atoms with Gasteiger partial charge in [0.05, 0.1) is 19.7 Å². The Morgan fingerprint density at radius 3 is 2.83 bits per heavy atom. The standard InChI is InChI=1S/C20H18FN3O5S/c1-28-16-8-12(6-7-15(16)29-11-13-4-2-3-5-14(13)21)10-22-24-20-23-19(27)17(30-20)9-18(25)26/h2-8,10,17H,9,11H2,1H3,(H,25,26)(H,23,24,27)/b22-10-/t17-/m1/s1. The summed E-state index contributed by atoms with van der Waals surface area (Å²) in [4.78, 5) is 22.4. The van der Waals surface area contributed by atoms with Crippen LogP contribution in [0.15, 0.2) is 52.7 Å². The topological polar surface area (TPSA) is 110 Å². The lowest BCUT2D eigenvalue weighted by Gasteiger charge is -2.11. The van der Waals surface area contributed by atoms with Gasteiger partial charge in [0.2, 0.25) is 5.91 Å². The molecule has 10 heteroatoms. The molecule has 3 rings (SSSR count). The molecular weight excluding hydrogens is 413 g/mol. The number of amidine groups is 1. The number of thioether (sulfide) groups is 1. The van der Waals surface area contributed by atoms with E-state index in [1.54, 1.807) is 36.4 Å².